The first-order valence-electron chi connectivity index (χ1n) is 11.9. The number of aryl methyl sites for hydroxylation is 1. The highest BCUT2D eigenvalue weighted by molar-refractivity contribution is 6.03. The Balaban J connectivity index is 2.28. The lowest BCUT2D eigenvalue weighted by Gasteiger charge is -2.41. The van der Waals surface area contributed by atoms with Gasteiger partial charge in [0, 0.05) is 6.42 Å². The first-order valence-corrected chi connectivity index (χ1v) is 11.9. The molecule has 0 saturated carbocycles. The second kappa shape index (κ2) is 12.9. The summed E-state index contributed by atoms with van der Waals surface area (Å²) in [6.45, 7) is 9.00. The van der Waals surface area contributed by atoms with Crippen LogP contribution in [-0.4, -0.2) is 62.2 Å². The molecular formula is C27H37N2O6+. The molecule has 190 valence electrons. The molecule has 2 rings (SSSR count). The molecule has 0 fully saturated rings. The average Bonchev–Trinajstić information content (AvgIpc) is 2.88. The number of methoxy groups -OCH3 is 2. The van der Waals surface area contributed by atoms with Crippen molar-refractivity contribution in [1.29, 1.82) is 0 Å². The Kier molecular flexibility index (Phi) is 10.3. The summed E-state index contributed by atoms with van der Waals surface area (Å²) in [4.78, 5) is 38.8. The Labute approximate surface area is 207 Å². The predicted molar refractivity (Wildman–Crippen MR) is 134 cm³/mol. The normalized spacial score (nSPS) is 11.9. The molecule has 2 aromatic rings. The summed E-state index contributed by atoms with van der Waals surface area (Å²) in [6, 6.07) is 12.2. The van der Waals surface area contributed by atoms with Gasteiger partial charge in [-0.25, -0.2) is 9.59 Å². The maximum absolute atomic E-state index is 13.6. The van der Waals surface area contributed by atoms with Crippen LogP contribution in [0.2, 0.25) is 0 Å². The molecule has 35 heavy (non-hydrogen) atoms. The zero-order valence-electron chi connectivity index (χ0n) is 21.6. The van der Waals surface area contributed by atoms with Crippen molar-refractivity contribution in [3.05, 3.63) is 59.2 Å². The molecule has 0 radical (unpaired) electrons. The van der Waals surface area contributed by atoms with Gasteiger partial charge in [0.15, 0.2) is 12.6 Å². The molecule has 8 nitrogen and oxygen atoms in total. The van der Waals surface area contributed by atoms with Gasteiger partial charge in [-0.3, -0.25) is 4.79 Å². The molecule has 0 spiro atoms. The highest BCUT2D eigenvalue weighted by Crippen LogP contribution is 2.29. The van der Waals surface area contributed by atoms with Crippen molar-refractivity contribution in [2.24, 2.45) is 0 Å². The van der Waals surface area contributed by atoms with E-state index in [9.17, 15) is 14.4 Å². The standard InChI is InChI=1S/C27H36N2O6/c1-7-23(26(31)28-25-19(4)15-21(33-5)16-22(25)27(32)34-6)29(8-2,9-3)17-24(30)35-18-20-13-11-10-12-14-20/h10-16,23H,7-9,17-18H2,1-6H3/p+1. The highest BCUT2D eigenvalue weighted by Gasteiger charge is 2.41. The van der Waals surface area contributed by atoms with Gasteiger partial charge in [-0.15, -0.1) is 0 Å². The minimum Gasteiger partial charge on any atom is -0.497 e. The van der Waals surface area contributed by atoms with E-state index in [1.165, 1.54) is 20.3 Å². The van der Waals surface area contributed by atoms with Gasteiger partial charge in [-0.05, 0) is 44.0 Å². The van der Waals surface area contributed by atoms with Gasteiger partial charge in [-0.1, -0.05) is 37.3 Å². The predicted octanol–water partition coefficient (Wildman–Crippen LogP) is 4.11. The van der Waals surface area contributed by atoms with Crippen LogP contribution in [0.5, 0.6) is 5.75 Å². The number of likely N-dealkylation sites (N-methyl/N-ethyl adjacent to an activating group) is 1. The van der Waals surface area contributed by atoms with Crippen molar-refractivity contribution < 1.29 is 33.1 Å². The second-order valence-corrected chi connectivity index (χ2v) is 8.43. The van der Waals surface area contributed by atoms with E-state index in [-0.39, 0.29) is 35.1 Å². The third-order valence-electron chi connectivity index (χ3n) is 6.49. The number of amides is 1. The lowest BCUT2D eigenvalue weighted by molar-refractivity contribution is -0.932. The number of hydrogen-bond donors (Lipinski definition) is 1. The average molecular weight is 486 g/mol. The first kappa shape index (κ1) is 27.9. The number of rotatable bonds is 12. The summed E-state index contributed by atoms with van der Waals surface area (Å²) in [5.74, 6) is -0.724. The smallest absolute Gasteiger partial charge is 0.362 e. The molecule has 1 atom stereocenters. The van der Waals surface area contributed by atoms with Gasteiger partial charge in [0.1, 0.15) is 12.4 Å². The molecule has 0 heterocycles. The van der Waals surface area contributed by atoms with Crippen LogP contribution in [0.25, 0.3) is 0 Å². The Morgan fingerprint density at radius 2 is 1.66 bits per heavy atom. The number of anilines is 1. The first-order chi connectivity index (χ1) is 16.7. The molecule has 0 aliphatic carbocycles. The number of carbonyl (C=O) groups excluding carboxylic acids is 3. The van der Waals surface area contributed by atoms with Gasteiger partial charge in [0.2, 0.25) is 0 Å². The number of nitrogens with one attached hydrogen (secondary N) is 1. The van der Waals surface area contributed by atoms with E-state index in [0.717, 1.165) is 5.56 Å². The van der Waals surface area contributed by atoms with Crippen LogP contribution in [0.4, 0.5) is 5.69 Å². The van der Waals surface area contributed by atoms with E-state index in [2.05, 4.69) is 5.32 Å². The van der Waals surface area contributed by atoms with Gasteiger partial charge in [-0.2, -0.15) is 0 Å². The van der Waals surface area contributed by atoms with Crippen molar-refractivity contribution in [3.8, 4) is 5.75 Å². The van der Waals surface area contributed by atoms with Crippen molar-refractivity contribution in [1.82, 2.24) is 0 Å². The molecule has 1 N–H and O–H groups in total. The fraction of sp³-hybridized carbons (Fsp3) is 0.444. The van der Waals surface area contributed by atoms with E-state index in [0.29, 0.717) is 36.5 Å². The van der Waals surface area contributed by atoms with E-state index < -0.39 is 12.0 Å². The van der Waals surface area contributed by atoms with Gasteiger partial charge < -0.3 is 24.0 Å². The summed E-state index contributed by atoms with van der Waals surface area (Å²) in [5, 5.41) is 2.94. The van der Waals surface area contributed by atoms with Gasteiger partial charge >= 0.3 is 11.9 Å². The molecular weight excluding hydrogens is 448 g/mol. The Morgan fingerprint density at radius 3 is 2.20 bits per heavy atom. The zero-order chi connectivity index (χ0) is 26.0. The van der Waals surface area contributed by atoms with Crippen molar-refractivity contribution >= 4 is 23.5 Å². The van der Waals surface area contributed by atoms with Crippen LogP contribution >= 0.6 is 0 Å². The quantitative estimate of drug-likeness (QED) is 0.359. The van der Waals surface area contributed by atoms with E-state index >= 15 is 0 Å². The SMILES string of the molecule is CCC(C(=O)Nc1c(C)cc(OC)cc1C(=O)OC)[N+](CC)(CC)CC(=O)OCc1ccccc1. The summed E-state index contributed by atoms with van der Waals surface area (Å²) in [6.07, 6.45) is 0.502. The molecule has 2 aromatic carbocycles. The maximum Gasteiger partial charge on any atom is 0.362 e. The van der Waals surface area contributed by atoms with Crippen LogP contribution < -0.4 is 10.1 Å². The topological polar surface area (TPSA) is 90.9 Å². The number of esters is 2. The molecule has 0 saturated heterocycles. The van der Waals surface area contributed by atoms with Gasteiger partial charge in [0.25, 0.3) is 5.91 Å². The lowest BCUT2D eigenvalue weighted by atomic mass is 10.0. The maximum atomic E-state index is 13.6. The number of benzene rings is 2. The monoisotopic (exact) mass is 485 g/mol. The number of ether oxygens (including phenoxy) is 3. The molecule has 0 aromatic heterocycles. The highest BCUT2D eigenvalue weighted by atomic mass is 16.5. The summed E-state index contributed by atoms with van der Waals surface area (Å²) in [5.41, 5.74) is 2.15. The molecule has 0 aliphatic heterocycles. The number of nitrogens with zero attached hydrogens (tertiary/aromatic N) is 1. The Hall–Kier alpha value is -3.39. The van der Waals surface area contributed by atoms with Crippen LogP contribution in [-0.2, 0) is 25.7 Å². The molecule has 0 aliphatic rings. The van der Waals surface area contributed by atoms with Crippen molar-refractivity contribution in [2.75, 3.05) is 39.2 Å². The zero-order valence-corrected chi connectivity index (χ0v) is 21.6. The third kappa shape index (κ3) is 6.82. The van der Waals surface area contributed by atoms with Crippen molar-refractivity contribution in [2.45, 2.75) is 46.8 Å². The summed E-state index contributed by atoms with van der Waals surface area (Å²) < 4.78 is 15.9. The Bertz CT molecular complexity index is 1020. The fourth-order valence-electron chi connectivity index (χ4n) is 4.38. The molecule has 8 heteroatoms. The summed E-state index contributed by atoms with van der Waals surface area (Å²) >= 11 is 0. The molecule has 1 unspecified atom stereocenters. The van der Waals surface area contributed by atoms with E-state index in [1.807, 2.05) is 51.1 Å². The number of carbonyl (C=O) groups is 3. The van der Waals surface area contributed by atoms with E-state index in [1.54, 1.807) is 13.0 Å². The minimum atomic E-state index is -0.577. The largest absolute Gasteiger partial charge is 0.497 e. The third-order valence-corrected chi connectivity index (χ3v) is 6.49. The number of hydrogen-bond acceptors (Lipinski definition) is 6. The number of quaternary nitrogens is 1. The van der Waals surface area contributed by atoms with Crippen LogP contribution in [0.1, 0.15) is 48.7 Å². The lowest BCUT2D eigenvalue weighted by Crippen LogP contribution is -2.61. The molecule has 1 amide bonds. The van der Waals surface area contributed by atoms with Crippen LogP contribution in [0.3, 0.4) is 0 Å². The van der Waals surface area contributed by atoms with Crippen LogP contribution in [0, 0.1) is 6.92 Å². The van der Waals surface area contributed by atoms with E-state index in [4.69, 9.17) is 14.2 Å². The Morgan fingerprint density at radius 1 is 1.00 bits per heavy atom. The van der Waals surface area contributed by atoms with Gasteiger partial charge in [0.05, 0.1) is 38.6 Å². The van der Waals surface area contributed by atoms with Crippen molar-refractivity contribution in [3.63, 3.8) is 0 Å². The fourth-order valence-corrected chi connectivity index (χ4v) is 4.38. The molecule has 0 bridgehead atoms. The summed E-state index contributed by atoms with van der Waals surface area (Å²) in [7, 11) is 2.79. The van der Waals surface area contributed by atoms with Crippen LogP contribution in [0.15, 0.2) is 42.5 Å². The minimum absolute atomic E-state index is 0.0667. The second-order valence-electron chi connectivity index (χ2n) is 8.43.